The molecular weight excluding hydrogens is 514 g/mol. The predicted molar refractivity (Wildman–Crippen MR) is 163 cm³/mol. The molecule has 1 aliphatic heterocycles. The summed E-state index contributed by atoms with van der Waals surface area (Å²) in [4.78, 5) is 17.4. The molecule has 0 radical (unpaired) electrons. The Morgan fingerprint density at radius 3 is 2.39 bits per heavy atom. The largest absolute Gasteiger partial charge is 0.497 e. The zero-order chi connectivity index (χ0) is 28.6. The van der Waals surface area contributed by atoms with E-state index in [4.69, 9.17) is 9.84 Å². The number of rotatable bonds is 6. The number of hydrogen-bond acceptors (Lipinski definition) is 5. The van der Waals surface area contributed by atoms with E-state index in [1.165, 1.54) is 0 Å². The van der Waals surface area contributed by atoms with Crippen LogP contribution in [0.3, 0.4) is 0 Å². The number of carbonyl (C=O) groups is 1. The fourth-order valence-corrected chi connectivity index (χ4v) is 5.57. The number of carbonyl (C=O) groups excluding carboxylic acids is 1. The number of urea groups is 1. The predicted octanol–water partition coefficient (Wildman–Crippen LogP) is 5.64. The van der Waals surface area contributed by atoms with E-state index in [9.17, 15) is 9.90 Å². The summed E-state index contributed by atoms with van der Waals surface area (Å²) in [5.74, 6) is 0.815. The molecule has 3 aromatic carbocycles. The van der Waals surface area contributed by atoms with Crippen LogP contribution in [-0.4, -0.2) is 77.2 Å². The zero-order valence-corrected chi connectivity index (χ0v) is 23.8. The molecule has 5 rings (SSSR count). The van der Waals surface area contributed by atoms with Crippen LogP contribution in [0.4, 0.5) is 10.5 Å². The minimum atomic E-state index is -0.104. The Balaban J connectivity index is 1.32. The third-order valence-electron chi connectivity index (χ3n) is 7.99. The number of aliphatic hydroxyl groups excluding tert-OH is 1. The molecule has 0 saturated carbocycles. The molecule has 8 nitrogen and oxygen atoms in total. The van der Waals surface area contributed by atoms with Gasteiger partial charge in [0.15, 0.2) is 0 Å². The van der Waals surface area contributed by atoms with Crippen LogP contribution in [-0.2, 0) is 0 Å². The van der Waals surface area contributed by atoms with Gasteiger partial charge in [-0.1, -0.05) is 42.5 Å². The standard InChI is InChI=1S/C33H39N5O3/c1-36-20-6-7-21-37(33(40)34-27-14-16-29(41-2)17-15-27)22-18-30(32(36)24-39)25-10-12-26(13-11-25)31-19-23-38(35-31)28-8-4-3-5-9-28/h3-5,8-17,19,23,30,32,39H,6-7,18,20-22,24H2,1-2H3,(H,34,40)/t30-,32+/m0/s1. The minimum absolute atomic E-state index is 0.0391. The zero-order valence-electron chi connectivity index (χ0n) is 23.8. The van der Waals surface area contributed by atoms with Gasteiger partial charge in [0, 0.05) is 42.5 Å². The van der Waals surface area contributed by atoms with Crippen LogP contribution in [0, 0.1) is 0 Å². The maximum Gasteiger partial charge on any atom is 0.321 e. The van der Waals surface area contributed by atoms with Gasteiger partial charge < -0.3 is 25.0 Å². The summed E-state index contributed by atoms with van der Waals surface area (Å²) in [7, 11) is 3.72. The second kappa shape index (κ2) is 13.5. The number of amides is 2. The lowest BCUT2D eigenvalue weighted by atomic mass is 9.86. The van der Waals surface area contributed by atoms with E-state index < -0.39 is 0 Å². The van der Waals surface area contributed by atoms with Crippen LogP contribution >= 0.6 is 0 Å². The number of nitrogens with zero attached hydrogens (tertiary/aromatic N) is 4. The number of nitrogens with one attached hydrogen (secondary N) is 1. The van der Waals surface area contributed by atoms with Crippen molar-refractivity contribution in [1.29, 1.82) is 0 Å². The van der Waals surface area contributed by atoms with Crippen molar-refractivity contribution in [3.8, 4) is 22.7 Å². The molecule has 1 aromatic heterocycles. The number of para-hydroxylation sites is 1. The number of aliphatic hydroxyl groups is 1. The van der Waals surface area contributed by atoms with Crippen LogP contribution in [0.5, 0.6) is 5.75 Å². The summed E-state index contributed by atoms with van der Waals surface area (Å²) < 4.78 is 7.11. The van der Waals surface area contributed by atoms with Crippen LogP contribution in [0.2, 0.25) is 0 Å². The van der Waals surface area contributed by atoms with Crippen molar-refractivity contribution in [2.75, 3.05) is 45.7 Å². The first-order valence-electron chi connectivity index (χ1n) is 14.3. The van der Waals surface area contributed by atoms with Crippen molar-refractivity contribution in [1.82, 2.24) is 19.6 Å². The lowest BCUT2D eigenvalue weighted by Crippen LogP contribution is -2.44. The summed E-state index contributed by atoms with van der Waals surface area (Å²) in [6.07, 6.45) is 4.58. The molecule has 0 unspecified atom stereocenters. The van der Waals surface area contributed by atoms with Gasteiger partial charge in [0.2, 0.25) is 0 Å². The van der Waals surface area contributed by atoms with Crippen LogP contribution < -0.4 is 10.1 Å². The highest BCUT2D eigenvalue weighted by molar-refractivity contribution is 5.89. The Labute approximate surface area is 242 Å². The minimum Gasteiger partial charge on any atom is -0.497 e. The third kappa shape index (κ3) is 6.96. The molecule has 1 saturated heterocycles. The Morgan fingerprint density at radius 1 is 0.951 bits per heavy atom. The van der Waals surface area contributed by atoms with E-state index in [-0.39, 0.29) is 24.6 Å². The van der Waals surface area contributed by atoms with E-state index >= 15 is 0 Å². The van der Waals surface area contributed by atoms with Gasteiger partial charge in [-0.25, -0.2) is 9.48 Å². The van der Waals surface area contributed by atoms with Crippen LogP contribution in [0.25, 0.3) is 16.9 Å². The van der Waals surface area contributed by atoms with Crippen molar-refractivity contribution < 1.29 is 14.6 Å². The second-order valence-corrected chi connectivity index (χ2v) is 10.6. The van der Waals surface area contributed by atoms with Crippen molar-refractivity contribution in [3.05, 3.63) is 96.7 Å². The van der Waals surface area contributed by atoms with Crippen LogP contribution in [0.15, 0.2) is 91.1 Å². The second-order valence-electron chi connectivity index (χ2n) is 10.6. The van der Waals surface area contributed by atoms with Gasteiger partial charge in [-0.05, 0) is 80.9 Å². The monoisotopic (exact) mass is 553 g/mol. The topological polar surface area (TPSA) is 82.9 Å². The third-order valence-corrected chi connectivity index (χ3v) is 7.99. The molecule has 1 fully saturated rings. The molecule has 0 spiro atoms. The molecule has 2 heterocycles. The van der Waals surface area contributed by atoms with Crippen molar-refractivity contribution in [2.45, 2.75) is 31.2 Å². The number of benzene rings is 3. The van der Waals surface area contributed by atoms with Crippen LogP contribution in [0.1, 0.15) is 30.7 Å². The summed E-state index contributed by atoms with van der Waals surface area (Å²) in [5.41, 5.74) is 4.86. The number of likely N-dealkylation sites (N-methyl/N-ethyl adjacent to an activating group) is 1. The Hall–Kier alpha value is -4.14. The first kappa shape index (κ1) is 28.4. The smallest absolute Gasteiger partial charge is 0.321 e. The van der Waals surface area contributed by atoms with E-state index in [0.29, 0.717) is 13.1 Å². The molecule has 0 aliphatic carbocycles. The maximum absolute atomic E-state index is 13.3. The molecule has 2 N–H and O–H groups in total. The lowest BCUT2D eigenvalue weighted by Gasteiger charge is -2.36. The van der Waals surface area contributed by atoms with E-state index in [0.717, 1.165) is 59.8 Å². The molecule has 1 aliphatic rings. The van der Waals surface area contributed by atoms with Gasteiger partial charge in [-0.3, -0.25) is 0 Å². The maximum atomic E-state index is 13.3. The molecule has 2 amide bonds. The highest BCUT2D eigenvalue weighted by atomic mass is 16.5. The summed E-state index contributed by atoms with van der Waals surface area (Å²) in [5, 5.41) is 18.3. The summed E-state index contributed by atoms with van der Waals surface area (Å²) >= 11 is 0. The molecule has 8 heteroatoms. The highest BCUT2D eigenvalue weighted by Crippen LogP contribution is 2.30. The highest BCUT2D eigenvalue weighted by Gasteiger charge is 2.28. The quantitative estimate of drug-likeness (QED) is 0.323. The molecule has 0 bridgehead atoms. The van der Waals surface area contributed by atoms with E-state index in [1.807, 2.05) is 76.4 Å². The normalized spacial score (nSPS) is 18.6. The van der Waals surface area contributed by atoms with Gasteiger partial charge in [-0.2, -0.15) is 5.10 Å². The van der Waals surface area contributed by atoms with Gasteiger partial charge in [0.1, 0.15) is 5.75 Å². The van der Waals surface area contributed by atoms with Gasteiger partial charge >= 0.3 is 6.03 Å². The summed E-state index contributed by atoms with van der Waals surface area (Å²) in [6, 6.07) is 27.8. The number of aromatic nitrogens is 2. The Morgan fingerprint density at radius 2 is 1.68 bits per heavy atom. The number of methoxy groups -OCH3 is 1. The van der Waals surface area contributed by atoms with Crippen molar-refractivity contribution in [3.63, 3.8) is 0 Å². The number of anilines is 1. The first-order valence-corrected chi connectivity index (χ1v) is 14.3. The Kier molecular flexibility index (Phi) is 9.33. The molecule has 41 heavy (non-hydrogen) atoms. The molecule has 214 valence electrons. The fraction of sp³-hybridized carbons (Fsp3) is 0.333. The average Bonchev–Trinajstić information content (AvgIpc) is 3.51. The number of ether oxygens (including phenoxy) is 1. The average molecular weight is 554 g/mol. The first-order chi connectivity index (χ1) is 20.1. The lowest BCUT2D eigenvalue weighted by molar-refractivity contribution is 0.111. The summed E-state index contributed by atoms with van der Waals surface area (Å²) in [6.45, 7) is 2.21. The fourth-order valence-electron chi connectivity index (χ4n) is 5.57. The van der Waals surface area contributed by atoms with Crippen molar-refractivity contribution in [2.24, 2.45) is 0 Å². The van der Waals surface area contributed by atoms with Crippen molar-refractivity contribution >= 4 is 11.7 Å². The van der Waals surface area contributed by atoms with E-state index in [2.05, 4.69) is 41.5 Å². The SMILES string of the molecule is COc1ccc(NC(=O)N2CCCCN(C)[C@H](CO)[C@H](c3ccc(-c4ccn(-c5ccccc5)n4)cc3)CC2)cc1. The molecular formula is C33H39N5O3. The molecule has 2 atom stereocenters. The molecule has 4 aromatic rings. The van der Waals surface area contributed by atoms with E-state index in [1.54, 1.807) is 7.11 Å². The van der Waals surface area contributed by atoms with Gasteiger partial charge in [0.25, 0.3) is 0 Å². The van der Waals surface area contributed by atoms with Gasteiger partial charge in [0.05, 0.1) is 25.1 Å². The number of hydrogen-bond donors (Lipinski definition) is 2. The Bertz CT molecular complexity index is 1390. The van der Waals surface area contributed by atoms with Gasteiger partial charge in [-0.15, -0.1) is 0 Å².